The molecule has 0 heterocycles. The third-order valence-electron chi connectivity index (χ3n) is 3.45. The van der Waals surface area contributed by atoms with Gasteiger partial charge in [0.25, 0.3) is 0 Å². The van der Waals surface area contributed by atoms with Gasteiger partial charge in [-0.1, -0.05) is 41.7 Å². The lowest BCUT2D eigenvalue weighted by Crippen LogP contribution is -1.83. The molecular formula is C20H16O. The molecule has 0 N–H and O–H groups in total. The maximum Gasteiger partial charge on any atom is 0.119 e. The van der Waals surface area contributed by atoms with Crippen molar-refractivity contribution in [3.63, 3.8) is 0 Å². The van der Waals surface area contributed by atoms with Crippen LogP contribution in [0.25, 0.3) is 10.8 Å². The van der Waals surface area contributed by atoms with Crippen LogP contribution in [0.3, 0.4) is 0 Å². The van der Waals surface area contributed by atoms with Crippen LogP contribution in [0.5, 0.6) is 5.75 Å². The first-order valence-corrected chi connectivity index (χ1v) is 6.91. The second-order valence-corrected chi connectivity index (χ2v) is 5.04. The Morgan fingerprint density at radius 1 is 0.714 bits per heavy atom. The monoisotopic (exact) mass is 272 g/mol. The molecule has 0 spiro atoms. The highest BCUT2D eigenvalue weighted by Gasteiger charge is 1.97. The Labute approximate surface area is 125 Å². The van der Waals surface area contributed by atoms with Crippen molar-refractivity contribution in [2.75, 3.05) is 7.11 Å². The van der Waals surface area contributed by atoms with E-state index < -0.39 is 0 Å². The van der Waals surface area contributed by atoms with Crippen LogP contribution in [0.4, 0.5) is 0 Å². The van der Waals surface area contributed by atoms with Crippen molar-refractivity contribution in [2.45, 2.75) is 6.92 Å². The van der Waals surface area contributed by atoms with Gasteiger partial charge in [0.15, 0.2) is 0 Å². The first-order chi connectivity index (χ1) is 10.2. The summed E-state index contributed by atoms with van der Waals surface area (Å²) in [7, 11) is 1.68. The molecule has 21 heavy (non-hydrogen) atoms. The lowest BCUT2D eigenvalue weighted by molar-refractivity contribution is 0.415. The molecular weight excluding hydrogens is 256 g/mol. The Morgan fingerprint density at radius 3 is 2.10 bits per heavy atom. The SMILES string of the molecule is COc1ccc2cc(C#Cc3ccc(C)cc3)ccc2c1. The summed E-state index contributed by atoms with van der Waals surface area (Å²) in [6, 6.07) is 20.6. The molecule has 3 rings (SSSR count). The third-order valence-corrected chi connectivity index (χ3v) is 3.45. The number of aryl methyl sites for hydroxylation is 1. The summed E-state index contributed by atoms with van der Waals surface area (Å²) < 4.78 is 5.24. The zero-order valence-corrected chi connectivity index (χ0v) is 12.2. The summed E-state index contributed by atoms with van der Waals surface area (Å²) in [6.45, 7) is 2.08. The highest BCUT2D eigenvalue weighted by atomic mass is 16.5. The summed E-state index contributed by atoms with van der Waals surface area (Å²) in [5.41, 5.74) is 3.31. The zero-order valence-electron chi connectivity index (χ0n) is 12.2. The molecule has 0 bridgehead atoms. The predicted molar refractivity (Wildman–Crippen MR) is 87.7 cm³/mol. The standard InChI is InChI=1S/C20H16O/c1-15-3-5-16(6-4-15)7-8-17-9-10-19-14-20(21-2)12-11-18(19)13-17/h3-6,9-14H,1-2H3. The highest BCUT2D eigenvalue weighted by Crippen LogP contribution is 2.21. The van der Waals surface area contributed by atoms with Crippen molar-refractivity contribution in [2.24, 2.45) is 0 Å². The Hall–Kier alpha value is -2.72. The van der Waals surface area contributed by atoms with E-state index in [-0.39, 0.29) is 0 Å². The van der Waals surface area contributed by atoms with E-state index in [1.165, 1.54) is 10.9 Å². The van der Waals surface area contributed by atoms with E-state index in [0.29, 0.717) is 0 Å². The summed E-state index contributed by atoms with van der Waals surface area (Å²) in [6.07, 6.45) is 0. The molecule has 0 aliphatic carbocycles. The number of ether oxygens (including phenoxy) is 1. The van der Waals surface area contributed by atoms with Crippen molar-refractivity contribution in [3.8, 4) is 17.6 Å². The Morgan fingerprint density at radius 2 is 1.33 bits per heavy atom. The Balaban J connectivity index is 1.93. The van der Waals surface area contributed by atoms with Gasteiger partial charge in [-0.25, -0.2) is 0 Å². The fraction of sp³-hybridized carbons (Fsp3) is 0.100. The Bertz CT molecular complexity index is 833. The minimum absolute atomic E-state index is 0.876. The largest absolute Gasteiger partial charge is 0.497 e. The van der Waals surface area contributed by atoms with Crippen LogP contribution >= 0.6 is 0 Å². The van der Waals surface area contributed by atoms with E-state index in [2.05, 4.69) is 49.1 Å². The average molecular weight is 272 g/mol. The highest BCUT2D eigenvalue weighted by molar-refractivity contribution is 5.85. The minimum atomic E-state index is 0.876. The topological polar surface area (TPSA) is 9.23 Å². The molecule has 0 saturated heterocycles. The van der Waals surface area contributed by atoms with E-state index >= 15 is 0 Å². The molecule has 0 fully saturated rings. The van der Waals surface area contributed by atoms with Gasteiger partial charge >= 0.3 is 0 Å². The van der Waals surface area contributed by atoms with Gasteiger partial charge in [-0.2, -0.15) is 0 Å². The van der Waals surface area contributed by atoms with Crippen LogP contribution in [0, 0.1) is 18.8 Å². The molecule has 0 amide bonds. The molecule has 3 aromatic carbocycles. The molecule has 0 aromatic heterocycles. The zero-order chi connectivity index (χ0) is 14.7. The lowest BCUT2D eigenvalue weighted by atomic mass is 10.1. The van der Waals surface area contributed by atoms with Crippen molar-refractivity contribution in [1.29, 1.82) is 0 Å². The van der Waals surface area contributed by atoms with Crippen LogP contribution in [-0.2, 0) is 0 Å². The van der Waals surface area contributed by atoms with Gasteiger partial charge in [-0.05, 0) is 54.1 Å². The molecule has 1 nitrogen and oxygen atoms in total. The van der Waals surface area contributed by atoms with Gasteiger partial charge in [0, 0.05) is 11.1 Å². The lowest BCUT2D eigenvalue weighted by Gasteiger charge is -2.02. The molecule has 0 atom stereocenters. The van der Waals surface area contributed by atoms with Crippen molar-refractivity contribution in [3.05, 3.63) is 77.4 Å². The van der Waals surface area contributed by atoms with Crippen molar-refractivity contribution in [1.82, 2.24) is 0 Å². The first kappa shape index (κ1) is 13.3. The molecule has 0 saturated carbocycles. The van der Waals surface area contributed by atoms with E-state index in [4.69, 9.17) is 4.74 Å². The number of hydrogen-bond acceptors (Lipinski definition) is 1. The average Bonchev–Trinajstić information content (AvgIpc) is 2.53. The first-order valence-electron chi connectivity index (χ1n) is 6.91. The van der Waals surface area contributed by atoms with Gasteiger partial charge < -0.3 is 4.74 Å². The van der Waals surface area contributed by atoms with E-state index in [9.17, 15) is 0 Å². The van der Waals surface area contributed by atoms with Gasteiger partial charge in [0.1, 0.15) is 5.75 Å². The number of methoxy groups -OCH3 is 1. The van der Waals surface area contributed by atoms with Crippen LogP contribution in [0.15, 0.2) is 60.7 Å². The predicted octanol–water partition coefficient (Wildman–Crippen LogP) is 4.56. The summed E-state index contributed by atoms with van der Waals surface area (Å²) >= 11 is 0. The fourth-order valence-corrected chi connectivity index (χ4v) is 2.21. The Kier molecular flexibility index (Phi) is 3.62. The quantitative estimate of drug-likeness (QED) is 0.590. The summed E-state index contributed by atoms with van der Waals surface area (Å²) in [4.78, 5) is 0. The molecule has 102 valence electrons. The summed E-state index contributed by atoms with van der Waals surface area (Å²) in [5.74, 6) is 7.30. The number of fused-ring (bicyclic) bond motifs is 1. The van der Waals surface area contributed by atoms with Crippen molar-refractivity contribution < 1.29 is 4.74 Å². The number of benzene rings is 3. The smallest absolute Gasteiger partial charge is 0.119 e. The van der Waals surface area contributed by atoms with E-state index in [1.54, 1.807) is 7.11 Å². The normalized spacial score (nSPS) is 10.0. The molecule has 1 heteroatoms. The third kappa shape index (κ3) is 3.07. The second kappa shape index (κ2) is 5.73. The number of rotatable bonds is 1. The van der Waals surface area contributed by atoms with Gasteiger partial charge in [0.05, 0.1) is 7.11 Å². The van der Waals surface area contributed by atoms with Crippen LogP contribution in [0.1, 0.15) is 16.7 Å². The molecule has 0 aliphatic heterocycles. The van der Waals surface area contributed by atoms with E-state index in [1.807, 2.05) is 30.3 Å². The van der Waals surface area contributed by atoms with Crippen molar-refractivity contribution >= 4 is 10.8 Å². The van der Waals surface area contributed by atoms with Crippen LogP contribution in [0.2, 0.25) is 0 Å². The molecule has 3 aromatic rings. The second-order valence-electron chi connectivity index (χ2n) is 5.04. The summed E-state index contributed by atoms with van der Waals surface area (Å²) in [5, 5.41) is 2.33. The van der Waals surface area contributed by atoms with E-state index in [0.717, 1.165) is 22.3 Å². The molecule has 0 radical (unpaired) electrons. The van der Waals surface area contributed by atoms with Crippen LogP contribution in [-0.4, -0.2) is 7.11 Å². The van der Waals surface area contributed by atoms with Gasteiger partial charge in [0.2, 0.25) is 0 Å². The number of hydrogen-bond donors (Lipinski definition) is 0. The maximum absolute atomic E-state index is 5.24. The molecule has 0 unspecified atom stereocenters. The van der Waals surface area contributed by atoms with Crippen LogP contribution < -0.4 is 4.74 Å². The van der Waals surface area contributed by atoms with Gasteiger partial charge in [-0.3, -0.25) is 0 Å². The minimum Gasteiger partial charge on any atom is -0.497 e. The fourth-order valence-electron chi connectivity index (χ4n) is 2.21. The maximum atomic E-state index is 5.24. The van der Waals surface area contributed by atoms with Gasteiger partial charge in [-0.15, -0.1) is 0 Å². The molecule has 0 aliphatic rings.